The van der Waals surface area contributed by atoms with Crippen LogP contribution < -0.4 is 10.5 Å². The molecule has 0 saturated carbocycles. The number of rotatable bonds is 5. The summed E-state index contributed by atoms with van der Waals surface area (Å²) in [5.41, 5.74) is 6.57. The van der Waals surface area contributed by atoms with E-state index in [1.807, 2.05) is 6.92 Å². The van der Waals surface area contributed by atoms with E-state index in [9.17, 15) is 8.42 Å². The molecule has 110 valence electrons. The Labute approximate surface area is 125 Å². The van der Waals surface area contributed by atoms with Gasteiger partial charge >= 0.3 is 0 Å². The van der Waals surface area contributed by atoms with Crippen molar-refractivity contribution in [1.29, 1.82) is 0 Å². The zero-order chi connectivity index (χ0) is 14.9. The Morgan fingerprint density at radius 1 is 1.55 bits per heavy atom. The third kappa shape index (κ3) is 2.89. The van der Waals surface area contributed by atoms with E-state index in [-0.39, 0.29) is 16.1 Å². The molecule has 0 fully saturated rings. The molecule has 0 spiro atoms. The second-order valence-corrected chi connectivity index (χ2v) is 6.55. The van der Waals surface area contributed by atoms with E-state index in [4.69, 9.17) is 10.2 Å². The van der Waals surface area contributed by atoms with Crippen molar-refractivity contribution in [1.82, 2.24) is 9.78 Å². The van der Waals surface area contributed by atoms with Gasteiger partial charge in [-0.05, 0) is 22.4 Å². The third-order valence-electron chi connectivity index (χ3n) is 2.68. The van der Waals surface area contributed by atoms with Crippen LogP contribution in [0.1, 0.15) is 18.4 Å². The monoisotopic (exact) mass is 362 g/mol. The number of aromatic nitrogens is 2. The third-order valence-corrected chi connectivity index (χ3v) is 4.90. The van der Waals surface area contributed by atoms with E-state index >= 15 is 0 Å². The number of anilines is 1. The van der Waals surface area contributed by atoms with Crippen LogP contribution in [0, 0.1) is 0 Å². The van der Waals surface area contributed by atoms with Gasteiger partial charge < -0.3 is 10.2 Å². The molecule has 0 aliphatic heterocycles. The number of nitrogens with one attached hydrogen (secondary N) is 1. The quantitative estimate of drug-likeness (QED) is 0.840. The smallest absolute Gasteiger partial charge is 0.266 e. The molecule has 0 aliphatic carbocycles. The predicted molar refractivity (Wildman–Crippen MR) is 77.7 cm³/mol. The Bertz CT molecular complexity index is 720. The number of nitrogens with zero attached hydrogens (tertiary/aromatic N) is 2. The first kappa shape index (κ1) is 15.1. The summed E-state index contributed by atoms with van der Waals surface area (Å²) in [6, 6.07) is 1.40. The predicted octanol–water partition coefficient (Wildman–Crippen LogP) is 1.60. The van der Waals surface area contributed by atoms with Crippen LogP contribution in [0.3, 0.4) is 0 Å². The molecule has 0 saturated heterocycles. The molecule has 2 rings (SSSR count). The van der Waals surface area contributed by atoms with Gasteiger partial charge in [0.25, 0.3) is 10.0 Å². The SMILES string of the molecule is CCc1nn(C)cc1NS(=O)(=O)c1cc(CN)oc1Br. The van der Waals surface area contributed by atoms with Gasteiger partial charge in [-0.3, -0.25) is 9.40 Å². The van der Waals surface area contributed by atoms with E-state index in [1.165, 1.54) is 6.07 Å². The number of furan rings is 1. The zero-order valence-electron chi connectivity index (χ0n) is 11.1. The highest BCUT2D eigenvalue weighted by Gasteiger charge is 2.24. The van der Waals surface area contributed by atoms with Gasteiger partial charge in [-0.25, -0.2) is 8.42 Å². The van der Waals surface area contributed by atoms with Crippen LogP contribution in [-0.4, -0.2) is 18.2 Å². The number of hydrogen-bond donors (Lipinski definition) is 2. The first-order valence-corrected chi connectivity index (χ1v) is 8.18. The maximum absolute atomic E-state index is 12.4. The lowest BCUT2D eigenvalue weighted by atomic mass is 10.3. The van der Waals surface area contributed by atoms with Crippen LogP contribution in [0.4, 0.5) is 5.69 Å². The number of hydrogen-bond acceptors (Lipinski definition) is 5. The van der Waals surface area contributed by atoms with Crippen molar-refractivity contribution in [3.63, 3.8) is 0 Å². The number of aryl methyl sites for hydroxylation is 2. The minimum absolute atomic E-state index is 0.0175. The van der Waals surface area contributed by atoms with Crippen LogP contribution in [-0.2, 0) is 30.0 Å². The molecule has 0 bridgehead atoms. The molecular weight excluding hydrogens is 348 g/mol. The summed E-state index contributed by atoms with van der Waals surface area (Å²) in [5.74, 6) is 0.388. The molecule has 0 atom stereocenters. The molecular formula is C11H15BrN4O3S. The molecule has 0 radical (unpaired) electrons. The van der Waals surface area contributed by atoms with Gasteiger partial charge in [0.15, 0.2) is 4.67 Å². The number of halogens is 1. The minimum atomic E-state index is -3.75. The van der Waals surface area contributed by atoms with Crippen LogP contribution in [0.15, 0.2) is 26.2 Å². The molecule has 0 aliphatic rings. The lowest BCUT2D eigenvalue weighted by Crippen LogP contribution is -2.13. The van der Waals surface area contributed by atoms with E-state index in [0.717, 1.165) is 0 Å². The molecule has 0 aromatic carbocycles. The van der Waals surface area contributed by atoms with Crippen molar-refractivity contribution in [3.05, 3.63) is 28.4 Å². The fourth-order valence-corrected chi connectivity index (χ4v) is 3.83. The van der Waals surface area contributed by atoms with Gasteiger partial charge in [-0.15, -0.1) is 0 Å². The van der Waals surface area contributed by atoms with Crippen LogP contribution in [0.2, 0.25) is 0 Å². The summed E-state index contributed by atoms with van der Waals surface area (Å²) in [7, 11) is -2.02. The highest BCUT2D eigenvalue weighted by molar-refractivity contribution is 9.10. The van der Waals surface area contributed by atoms with Crippen LogP contribution in [0.25, 0.3) is 0 Å². The van der Waals surface area contributed by atoms with Crippen molar-refractivity contribution in [2.45, 2.75) is 24.8 Å². The van der Waals surface area contributed by atoms with Crippen LogP contribution in [0.5, 0.6) is 0 Å². The highest BCUT2D eigenvalue weighted by atomic mass is 79.9. The number of nitrogens with two attached hydrogens (primary N) is 1. The molecule has 2 heterocycles. The maximum Gasteiger partial charge on any atom is 0.266 e. The fourth-order valence-electron chi connectivity index (χ4n) is 1.76. The molecule has 3 N–H and O–H groups in total. The lowest BCUT2D eigenvalue weighted by molar-refractivity contribution is 0.484. The molecule has 2 aromatic rings. The maximum atomic E-state index is 12.4. The highest BCUT2D eigenvalue weighted by Crippen LogP contribution is 2.28. The van der Waals surface area contributed by atoms with Gasteiger partial charge in [-0.2, -0.15) is 5.10 Å². The molecule has 7 nitrogen and oxygen atoms in total. The average Bonchev–Trinajstić information content (AvgIpc) is 2.92. The summed E-state index contributed by atoms with van der Waals surface area (Å²) in [6.07, 6.45) is 2.24. The van der Waals surface area contributed by atoms with Crippen molar-refractivity contribution in [2.75, 3.05) is 4.72 Å². The second-order valence-electron chi connectivity index (χ2n) is 4.18. The lowest BCUT2D eigenvalue weighted by Gasteiger charge is -2.05. The summed E-state index contributed by atoms with van der Waals surface area (Å²) < 4.78 is 34.1. The van der Waals surface area contributed by atoms with E-state index in [0.29, 0.717) is 23.6 Å². The molecule has 0 unspecified atom stereocenters. The zero-order valence-corrected chi connectivity index (χ0v) is 13.5. The van der Waals surface area contributed by atoms with Gasteiger partial charge in [-0.1, -0.05) is 6.92 Å². The standard InChI is InChI=1S/C11H15BrN4O3S/c1-3-8-9(6-16(2)14-8)15-20(17,18)10-4-7(5-13)19-11(10)12/h4,6,15H,3,5,13H2,1-2H3. The van der Waals surface area contributed by atoms with Crippen molar-refractivity contribution >= 4 is 31.6 Å². The van der Waals surface area contributed by atoms with E-state index in [1.54, 1.807) is 17.9 Å². The Balaban J connectivity index is 2.37. The first-order valence-electron chi connectivity index (χ1n) is 5.91. The normalized spacial score (nSPS) is 11.8. The van der Waals surface area contributed by atoms with Gasteiger partial charge in [0.05, 0.1) is 17.9 Å². The molecule has 20 heavy (non-hydrogen) atoms. The van der Waals surface area contributed by atoms with Crippen molar-refractivity contribution < 1.29 is 12.8 Å². The Morgan fingerprint density at radius 3 is 2.80 bits per heavy atom. The van der Waals surface area contributed by atoms with Crippen molar-refractivity contribution in [2.24, 2.45) is 12.8 Å². The molecule has 0 amide bonds. The summed E-state index contributed by atoms with van der Waals surface area (Å²) in [5, 5.41) is 4.19. The summed E-state index contributed by atoms with van der Waals surface area (Å²) in [6.45, 7) is 2.03. The average molecular weight is 363 g/mol. The summed E-state index contributed by atoms with van der Waals surface area (Å²) in [4.78, 5) is 0.0175. The van der Waals surface area contributed by atoms with Gasteiger partial charge in [0.2, 0.25) is 0 Å². The van der Waals surface area contributed by atoms with Crippen molar-refractivity contribution in [3.8, 4) is 0 Å². The van der Waals surface area contributed by atoms with Crippen LogP contribution >= 0.6 is 15.9 Å². The minimum Gasteiger partial charge on any atom is -0.452 e. The first-order chi connectivity index (χ1) is 9.37. The van der Waals surface area contributed by atoms with E-state index in [2.05, 4.69) is 25.8 Å². The van der Waals surface area contributed by atoms with Gasteiger partial charge in [0.1, 0.15) is 10.7 Å². The molecule has 9 heteroatoms. The molecule has 2 aromatic heterocycles. The Hall–Kier alpha value is -1.32. The summed E-state index contributed by atoms with van der Waals surface area (Å²) >= 11 is 3.09. The second kappa shape index (κ2) is 5.58. The Morgan fingerprint density at radius 2 is 2.25 bits per heavy atom. The van der Waals surface area contributed by atoms with Gasteiger partial charge in [0, 0.05) is 19.3 Å². The van der Waals surface area contributed by atoms with E-state index < -0.39 is 10.0 Å². The fraction of sp³-hybridized carbons (Fsp3) is 0.364. The topological polar surface area (TPSA) is 103 Å². The largest absolute Gasteiger partial charge is 0.452 e. The Kier molecular flexibility index (Phi) is 4.21. The number of sulfonamides is 1.